The zero-order valence-corrected chi connectivity index (χ0v) is 12.3. The first-order valence-corrected chi connectivity index (χ1v) is 7.98. The van der Waals surface area contributed by atoms with E-state index in [1.807, 2.05) is 0 Å². The van der Waals surface area contributed by atoms with Crippen LogP contribution in [0, 0.1) is 0 Å². The lowest BCUT2D eigenvalue weighted by Gasteiger charge is -2.37. The molecule has 0 aromatic carbocycles. The van der Waals surface area contributed by atoms with Crippen molar-refractivity contribution in [2.75, 3.05) is 6.61 Å². The molecule has 1 unspecified atom stereocenters. The monoisotopic (exact) mass is 302 g/mol. The van der Waals surface area contributed by atoms with Crippen LogP contribution >= 0.6 is 0 Å². The number of carbonyl (C=O) groups is 1. The van der Waals surface area contributed by atoms with Crippen molar-refractivity contribution in [3.05, 3.63) is 11.9 Å². The van der Waals surface area contributed by atoms with E-state index in [1.165, 1.54) is 10.9 Å². The molecule has 112 valence electrons. The Morgan fingerprint density at radius 1 is 1.60 bits per heavy atom. The van der Waals surface area contributed by atoms with E-state index >= 15 is 0 Å². The maximum absolute atomic E-state index is 11.8. The van der Waals surface area contributed by atoms with E-state index in [-0.39, 0.29) is 6.61 Å². The standard InChI is InChI=1S/C11H18N4O4S/c1-3-19-10(16)8(2)15-7-9(13-14-15)11(5-4-6-11)20(12,17)18/h7-8H,3-6H2,1-2H3,(H2,12,17,18). The molecule has 1 aliphatic carbocycles. The lowest BCUT2D eigenvalue weighted by molar-refractivity contribution is -0.146. The van der Waals surface area contributed by atoms with Crippen LogP contribution < -0.4 is 5.14 Å². The molecule has 0 saturated heterocycles. The lowest BCUT2D eigenvalue weighted by atomic mass is 9.82. The Morgan fingerprint density at radius 3 is 2.70 bits per heavy atom. The van der Waals surface area contributed by atoms with Gasteiger partial charge in [0.05, 0.1) is 12.8 Å². The number of rotatable bonds is 5. The van der Waals surface area contributed by atoms with Crippen molar-refractivity contribution in [1.82, 2.24) is 15.0 Å². The molecule has 2 rings (SSSR count). The smallest absolute Gasteiger partial charge is 0.330 e. The van der Waals surface area contributed by atoms with Gasteiger partial charge in [-0.2, -0.15) is 0 Å². The van der Waals surface area contributed by atoms with E-state index < -0.39 is 26.8 Å². The highest BCUT2D eigenvalue weighted by Crippen LogP contribution is 2.46. The summed E-state index contributed by atoms with van der Waals surface area (Å²) in [6.07, 6.45) is 3.10. The molecule has 0 bridgehead atoms. The summed E-state index contributed by atoms with van der Waals surface area (Å²) in [6.45, 7) is 3.59. The van der Waals surface area contributed by atoms with Gasteiger partial charge in [-0.3, -0.25) is 0 Å². The summed E-state index contributed by atoms with van der Waals surface area (Å²) >= 11 is 0. The SMILES string of the molecule is CCOC(=O)C(C)n1cc(C2(S(N)(=O)=O)CCC2)nn1. The third-order valence-electron chi connectivity index (χ3n) is 3.71. The summed E-state index contributed by atoms with van der Waals surface area (Å²) < 4.78 is 28.6. The average molecular weight is 302 g/mol. The number of esters is 1. The molecule has 2 N–H and O–H groups in total. The van der Waals surface area contributed by atoms with Crippen molar-refractivity contribution in [3.63, 3.8) is 0 Å². The second-order valence-electron chi connectivity index (χ2n) is 4.90. The number of nitrogens with zero attached hydrogens (tertiary/aromatic N) is 3. The number of nitrogens with two attached hydrogens (primary N) is 1. The van der Waals surface area contributed by atoms with Crippen molar-refractivity contribution >= 4 is 16.0 Å². The predicted molar refractivity (Wildman–Crippen MR) is 70.0 cm³/mol. The van der Waals surface area contributed by atoms with Crippen LogP contribution in [0.2, 0.25) is 0 Å². The Hall–Kier alpha value is -1.48. The molecule has 1 saturated carbocycles. The fraction of sp³-hybridized carbons (Fsp3) is 0.727. The van der Waals surface area contributed by atoms with Crippen molar-refractivity contribution in [2.45, 2.75) is 43.9 Å². The van der Waals surface area contributed by atoms with Crippen LogP contribution in [0.3, 0.4) is 0 Å². The molecular formula is C11H18N4O4S. The quantitative estimate of drug-likeness (QED) is 0.769. The zero-order chi connectivity index (χ0) is 15.0. The van der Waals surface area contributed by atoms with E-state index in [4.69, 9.17) is 9.88 Å². The van der Waals surface area contributed by atoms with Gasteiger partial charge in [-0.15, -0.1) is 5.10 Å². The molecule has 8 nitrogen and oxygen atoms in total. The van der Waals surface area contributed by atoms with Crippen LogP contribution in [0.15, 0.2) is 6.20 Å². The Bertz CT molecular complexity index is 606. The van der Waals surface area contributed by atoms with Gasteiger partial charge < -0.3 is 4.74 Å². The van der Waals surface area contributed by atoms with E-state index in [0.717, 1.165) is 6.42 Å². The van der Waals surface area contributed by atoms with E-state index in [0.29, 0.717) is 18.5 Å². The fourth-order valence-electron chi connectivity index (χ4n) is 2.23. The predicted octanol–water partition coefficient (Wildman–Crippen LogP) is 0.0699. The zero-order valence-electron chi connectivity index (χ0n) is 11.4. The summed E-state index contributed by atoms with van der Waals surface area (Å²) in [6, 6.07) is -0.659. The number of hydrogen-bond acceptors (Lipinski definition) is 6. The van der Waals surface area contributed by atoms with Gasteiger partial charge in [0.2, 0.25) is 10.0 Å². The average Bonchev–Trinajstić information content (AvgIpc) is 2.74. The Labute approximate surface area is 117 Å². The second-order valence-corrected chi connectivity index (χ2v) is 6.78. The molecule has 9 heteroatoms. The molecular weight excluding hydrogens is 284 g/mol. The summed E-state index contributed by atoms with van der Waals surface area (Å²) in [7, 11) is -3.76. The second kappa shape index (κ2) is 5.13. The maximum Gasteiger partial charge on any atom is 0.330 e. The van der Waals surface area contributed by atoms with E-state index in [9.17, 15) is 13.2 Å². The summed E-state index contributed by atoms with van der Waals surface area (Å²) in [5, 5.41) is 13.0. The Kier molecular flexibility index (Phi) is 3.83. The first-order valence-electron chi connectivity index (χ1n) is 6.43. The van der Waals surface area contributed by atoms with Gasteiger partial charge >= 0.3 is 5.97 Å². The molecule has 1 aromatic rings. The first-order chi connectivity index (χ1) is 9.32. The molecule has 0 aliphatic heterocycles. The topological polar surface area (TPSA) is 117 Å². The normalized spacial score (nSPS) is 19.1. The number of primary sulfonamides is 1. The van der Waals surface area contributed by atoms with Gasteiger partial charge in [0.25, 0.3) is 0 Å². The number of aromatic nitrogens is 3. The Morgan fingerprint density at radius 2 is 2.25 bits per heavy atom. The Balaban J connectivity index is 2.27. The summed E-state index contributed by atoms with van der Waals surface area (Å²) in [5.74, 6) is -0.442. The molecule has 1 aromatic heterocycles. The molecule has 1 aliphatic rings. The molecule has 0 amide bonds. The van der Waals surface area contributed by atoms with Crippen LogP contribution in [-0.4, -0.2) is 36.0 Å². The third-order valence-corrected chi connectivity index (χ3v) is 5.41. The summed E-state index contributed by atoms with van der Waals surface area (Å²) in [4.78, 5) is 11.6. The highest BCUT2D eigenvalue weighted by molar-refractivity contribution is 7.90. The summed E-state index contributed by atoms with van der Waals surface area (Å²) in [5.41, 5.74) is 0.294. The highest BCUT2D eigenvalue weighted by Gasteiger charge is 2.51. The van der Waals surface area contributed by atoms with E-state index in [2.05, 4.69) is 10.3 Å². The first kappa shape index (κ1) is 14.9. The van der Waals surface area contributed by atoms with Crippen molar-refractivity contribution in [3.8, 4) is 0 Å². The van der Waals surface area contributed by atoms with Gasteiger partial charge in [-0.1, -0.05) is 5.21 Å². The minimum absolute atomic E-state index is 0.270. The molecule has 1 fully saturated rings. The van der Waals surface area contributed by atoms with E-state index in [1.54, 1.807) is 13.8 Å². The van der Waals surface area contributed by atoms with Crippen LogP contribution in [0.4, 0.5) is 0 Å². The fourth-order valence-corrected chi connectivity index (χ4v) is 3.47. The minimum atomic E-state index is -3.76. The number of sulfonamides is 1. The number of hydrogen-bond donors (Lipinski definition) is 1. The van der Waals surface area contributed by atoms with Gasteiger partial charge in [-0.05, 0) is 33.1 Å². The highest BCUT2D eigenvalue weighted by atomic mass is 32.2. The molecule has 1 heterocycles. The lowest BCUT2D eigenvalue weighted by Crippen LogP contribution is -2.46. The third kappa shape index (κ3) is 2.31. The van der Waals surface area contributed by atoms with Crippen LogP contribution in [0.25, 0.3) is 0 Å². The van der Waals surface area contributed by atoms with Crippen molar-refractivity contribution < 1.29 is 17.9 Å². The van der Waals surface area contributed by atoms with Gasteiger partial charge in [0.15, 0.2) is 0 Å². The number of ether oxygens (including phenoxy) is 1. The molecule has 20 heavy (non-hydrogen) atoms. The van der Waals surface area contributed by atoms with Crippen LogP contribution in [0.5, 0.6) is 0 Å². The van der Waals surface area contributed by atoms with Crippen molar-refractivity contribution in [1.29, 1.82) is 0 Å². The number of carbonyl (C=O) groups excluding carboxylic acids is 1. The largest absolute Gasteiger partial charge is 0.464 e. The molecule has 0 radical (unpaired) electrons. The van der Waals surface area contributed by atoms with Crippen LogP contribution in [0.1, 0.15) is 44.8 Å². The van der Waals surface area contributed by atoms with Crippen LogP contribution in [-0.2, 0) is 24.3 Å². The maximum atomic E-state index is 11.8. The van der Waals surface area contributed by atoms with Gasteiger partial charge in [-0.25, -0.2) is 23.0 Å². The molecule has 0 spiro atoms. The molecule has 1 atom stereocenters. The minimum Gasteiger partial charge on any atom is -0.464 e. The van der Waals surface area contributed by atoms with Crippen molar-refractivity contribution in [2.24, 2.45) is 5.14 Å². The van der Waals surface area contributed by atoms with Gasteiger partial charge in [0, 0.05) is 0 Å². The van der Waals surface area contributed by atoms with Gasteiger partial charge in [0.1, 0.15) is 16.5 Å².